The van der Waals surface area contributed by atoms with Crippen LogP contribution < -0.4 is 5.73 Å². The van der Waals surface area contributed by atoms with E-state index in [-0.39, 0.29) is 5.75 Å². The lowest BCUT2D eigenvalue weighted by atomic mass is 10.2. The third-order valence-electron chi connectivity index (χ3n) is 3.08. The molecule has 1 unspecified atom stereocenters. The standard InChI is InChI=1S/C12H18N2O2S/c1-10-5-6-14(8-10)17(15,16)9-11-3-2-4-12(13)7-11/h2-4,7,10H,5-6,8-9,13H2,1H3. The molecule has 1 saturated heterocycles. The summed E-state index contributed by atoms with van der Waals surface area (Å²) in [6, 6.07) is 7.06. The number of nitrogen functional groups attached to an aromatic ring is 1. The summed E-state index contributed by atoms with van der Waals surface area (Å²) in [5.41, 5.74) is 7.00. The first-order chi connectivity index (χ1) is 7.97. The van der Waals surface area contributed by atoms with Crippen LogP contribution in [-0.2, 0) is 15.8 Å². The molecule has 0 bridgehead atoms. The predicted octanol–water partition coefficient (Wildman–Crippen LogP) is 1.44. The van der Waals surface area contributed by atoms with Crippen LogP contribution in [-0.4, -0.2) is 25.8 Å². The summed E-state index contributed by atoms with van der Waals surface area (Å²) in [7, 11) is -3.18. The van der Waals surface area contributed by atoms with E-state index in [1.165, 1.54) is 0 Å². The average Bonchev–Trinajstić information content (AvgIpc) is 2.65. The van der Waals surface area contributed by atoms with Gasteiger partial charge in [-0.15, -0.1) is 0 Å². The molecular formula is C12H18N2O2S. The van der Waals surface area contributed by atoms with Crippen LogP contribution in [0.3, 0.4) is 0 Å². The molecule has 0 spiro atoms. The molecule has 1 aliphatic heterocycles. The maximum absolute atomic E-state index is 12.1. The molecule has 4 nitrogen and oxygen atoms in total. The van der Waals surface area contributed by atoms with Crippen LogP contribution in [0.4, 0.5) is 5.69 Å². The Hall–Kier alpha value is -1.07. The Kier molecular flexibility index (Phi) is 3.40. The van der Waals surface area contributed by atoms with Gasteiger partial charge < -0.3 is 5.73 Å². The highest BCUT2D eigenvalue weighted by atomic mass is 32.2. The highest BCUT2D eigenvalue weighted by Crippen LogP contribution is 2.21. The van der Waals surface area contributed by atoms with Crippen molar-refractivity contribution in [1.82, 2.24) is 4.31 Å². The number of hydrogen-bond acceptors (Lipinski definition) is 3. The lowest BCUT2D eigenvalue weighted by Gasteiger charge is -2.16. The van der Waals surface area contributed by atoms with Gasteiger partial charge in [-0.1, -0.05) is 19.1 Å². The van der Waals surface area contributed by atoms with Gasteiger partial charge in [-0.2, -0.15) is 0 Å². The van der Waals surface area contributed by atoms with Crippen LogP contribution in [0.25, 0.3) is 0 Å². The van der Waals surface area contributed by atoms with Gasteiger partial charge in [0.1, 0.15) is 0 Å². The third kappa shape index (κ3) is 2.98. The number of hydrogen-bond donors (Lipinski definition) is 1. The van der Waals surface area contributed by atoms with E-state index in [4.69, 9.17) is 5.73 Å². The maximum atomic E-state index is 12.1. The van der Waals surface area contributed by atoms with Gasteiger partial charge in [0.05, 0.1) is 5.75 Å². The quantitative estimate of drug-likeness (QED) is 0.830. The molecule has 1 aliphatic rings. The van der Waals surface area contributed by atoms with E-state index in [2.05, 4.69) is 6.92 Å². The van der Waals surface area contributed by atoms with Crippen molar-refractivity contribution in [1.29, 1.82) is 0 Å². The van der Waals surface area contributed by atoms with Crippen molar-refractivity contribution in [3.63, 3.8) is 0 Å². The van der Waals surface area contributed by atoms with Gasteiger partial charge in [0.25, 0.3) is 0 Å². The van der Waals surface area contributed by atoms with Crippen molar-refractivity contribution < 1.29 is 8.42 Å². The molecule has 2 rings (SSSR count). The smallest absolute Gasteiger partial charge is 0.218 e. The van der Waals surface area contributed by atoms with Crippen molar-refractivity contribution in [3.8, 4) is 0 Å². The number of anilines is 1. The monoisotopic (exact) mass is 254 g/mol. The number of sulfonamides is 1. The molecule has 1 aromatic carbocycles. The zero-order valence-corrected chi connectivity index (χ0v) is 10.8. The molecule has 0 saturated carbocycles. The molecule has 1 aromatic rings. The number of nitrogens with zero attached hydrogens (tertiary/aromatic N) is 1. The minimum Gasteiger partial charge on any atom is -0.399 e. The summed E-state index contributed by atoms with van der Waals surface area (Å²) in [5, 5.41) is 0. The van der Waals surface area contributed by atoms with Gasteiger partial charge in [0.2, 0.25) is 10.0 Å². The fourth-order valence-electron chi connectivity index (χ4n) is 2.13. The molecule has 17 heavy (non-hydrogen) atoms. The molecule has 94 valence electrons. The van der Waals surface area contributed by atoms with Crippen molar-refractivity contribution in [2.75, 3.05) is 18.8 Å². The zero-order chi connectivity index (χ0) is 12.5. The Bertz CT molecular complexity index is 499. The number of rotatable bonds is 3. The van der Waals surface area contributed by atoms with Crippen molar-refractivity contribution in [3.05, 3.63) is 29.8 Å². The molecule has 0 aliphatic carbocycles. The second kappa shape index (κ2) is 4.66. The van der Waals surface area contributed by atoms with E-state index in [1.807, 2.05) is 0 Å². The normalized spacial score (nSPS) is 21.8. The Labute approximate surface area is 102 Å². The molecule has 1 fully saturated rings. The maximum Gasteiger partial charge on any atom is 0.218 e. The first-order valence-electron chi connectivity index (χ1n) is 5.79. The minimum atomic E-state index is -3.18. The van der Waals surface area contributed by atoms with Crippen molar-refractivity contribution >= 4 is 15.7 Å². The molecule has 2 N–H and O–H groups in total. The predicted molar refractivity (Wildman–Crippen MR) is 68.8 cm³/mol. The molecule has 1 heterocycles. The van der Waals surface area contributed by atoms with Crippen LogP contribution in [0.5, 0.6) is 0 Å². The van der Waals surface area contributed by atoms with E-state index in [1.54, 1.807) is 28.6 Å². The van der Waals surface area contributed by atoms with Gasteiger partial charge in [-0.05, 0) is 30.0 Å². The molecular weight excluding hydrogens is 236 g/mol. The van der Waals surface area contributed by atoms with Crippen LogP contribution in [0, 0.1) is 5.92 Å². The summed E-state index contributed by atoms with van der Waals surface area (Å²) >= 11 is 0. The molecule has 0 aromatic heterocycles. The van der Waals surface area contributed by atoms with Gasteiger partial charge in [-0.3, -0.25) is 0 Å². The molecule has 1 atom stereocenters. The molecule has 0 amide bonds. The first-order valence-corrected chi connectivity index (χ1v) is 7.40. The van der Waals surface area contributed by atoms with Gasteiger partial charge in [0, 0.05) is 18.8 Å². The second-order valence-electron chi connectivity index (χ2n) is 4.75. The lowest BCUT2D eigenvalue weighted by molar-refractivity contribution is 0.463. The van der Waals surface area contributed by atoms with Crippen molar-refractivity contribution in [2.45, 2.75) is 19.1 Å². The first kappa shape index (κ1) is 12.4. The Morgan fingerprint density at radius 1 is 1.47 bits per heavy atom. The Morgan fingerprint density at radius 2 is 2.24 bits per heavy atom. The van der Waals surface area contributed by atoms with E-state index >= 15 is 0 Å². The highest BCUT2D eigenvalue weighted by Gasteiger charge is 2.29. The number of nitrogens with two attached hydrogens (primary N) is 1. The van der Waals surface area contributed by atoms with Crippen LogP contribution in [0.2, 0.25) is 0 Å². The SMILES string of the molecule is CC1CCN(S(=O)(=O)Cc2cccc(N)c2)C1. The fourth-order valence-corrected chi connectivity index (χ4v) is 3.78. The summed E-state index contributed by atoms with van der Waals surface area (Å²) in [6.07, 6.45) is 0.955. The summed E-state index contributed by atoms with van der Waals surface area (Å²) in [5.74, 6) is 0.510. The van der Waals surface area contributed by atoms with Gasteiger partial charge in [-0.25, -0.2) is 12.7 Å². The largest absolute Gasteiger partial charge is 0.399 e. The van der Waals surface area contributed by atoms with Crippen LogP contribution in [0.15, 0.2) is 24.3 Å². The summed E-state index contributed by atoms with van der Waals surface area (Å²) < 4.78 is 25.9. The van der Waals surface area contributed by atoms with E-state index < -0.39 is 10.0 Å². The Balaban J connectivity index is 2.12. The fraction of sp³-hybridized carbons (Fsp3) is 0.500. The highest BCUT2D eigenvalue weighted by molar-refractivity contribution is 7.88. The van der Waals surface area contributed by atoms with E-state index in [0.717, 1.165) is 12.0 Å². The minimum absolute atomic E-state index is 0.0464. The number of benzene rings is 1. The second-order valence-corrected chi connectivity index (χ2v) is 6.72. The van der Waals surface area contributed by atoms with Gasteiger partial charge >= 0.3 is 0 Å². The summed E-state index contributed by atoms with van der Waals surface area (Å²) in [4.78, 5) is 0. The van der Waals surface area contributed by atoms with E-state index in [0.29, 0.717) is 24.7 Å². The lowest BCUT2D eigenvalue weighted by Crippen LogP contribution is -2.29. The zero-order valence-electron chi connectivity index (χ0n) is 9.96. The average molecular weight is 254 g/mol. The summed E-state index contributed by atoms with van der Waals surface area (Å²) in [6.45, 7) is 3.37. The molecule has 0 radical (unpaired) electrons. The molecule has 5 heteroatoms. The van der Waals surface area contributed by atoms with Crippen LogP contribution in [0.1, 0.15) is 18.9 Å². The third-order valence-corrected chi connectivity index (χ3v) is 4.90. The van der Waals surface area contributed by atoms with E-state index in [9.17, 15) is 8.42 Å². The topological polar surface area (TPSA) is 63.4 Å². The Morgan fingerprint density at radius 3 is 2.82 bits per heavy atom. The van der Waals surface area contributed by atoms with Gasteiger partial charge in [0.15, 0.2) is 0 Å². The van der Waals surface area contributed by atoms with Crippen molar-refractivity contribution in [2.24, 2.45) is 5.92 Å². The van der Waals surface area contributed by atoms with Crippen LogP contribution >= 0.6 is 0 Å².